The number of nitrogens with zero attached hydrogens (tertiary/aromatic N) is 2. The minimum Gasteiger partial charge on any atom is -0.454 e. The lowest BCUT2D eigenvalue weighted by molar-refractivity contribution is 0.173. The lowest BCUT2D eigenvalue weighted by atomic mass is 10.1. The van der Waals surface area contributed by atoms with E-state index in [1.165, 1.54) is 0 Å². The third kappa shape index (κ3) is 2.33. The highest BCUT2D eigenvalue weighted by Gasteiger charge is 2.22. The van der Waals surface area contributed by atoms with Gasteiger partial charge in [0.05, 0.1) is 11.0 Å². The summed E-state index contributed by atoms with van der Waals surface area (Å²) in [5.74, 6) is 2.04. The van der Waals surface area contributed by atoms with E-state index in [-0.39, 0.29) is 6.79 Å². The van der Waals surface area contributed by atoms with Gasteiger partial charge in [-0.1, -0.05) is 25.1 Å². The Labute approximate surface area is 134 Å². The average molecular weight is 310 g/mol. The minimum atomic E-state index is -0.802. The first-order chi connectivity index (χ1) is 11.3. The van der Waals surface area contributed by atoms with Crippen molar-refractivity contribution in [3.63, 3.8) is 0 Å². The van der Waals surface area contributed by atoms with Crippen molar-refractivity contribution < 1.29 is 14.6 Å². The van der Waals surface area contributed by atoms with Gasteiger partial charge in [-0.3, -0.25) is 0 Å². The van der Waals surface area contributed by atoms with Crippen LogP contribution in [0.3, 0.4) is 0 Å². The van der Waals surface area contributed by atoms with E-state index in [2.05, 4.69) is 16.5 Å². The van der Waals surface area contributed by atoms with E-state index in [4.69, 9.17) is 9.47 Å². The molecule has 0 radical (unpaired) electrons. The second kappa shape index (κ2) is 5.59. The van der Waals surface area contributed by atoms with Gasteiger partial charge in [-0.25, -0.2) is 4.98 Å². The molecule has 0 unspecified atom stereocenters. The molecule has 1 aliphatic heterocycles. The molecule has 118 valence electrons. The van der Waals surface area contributed by atoms with E-state index in [1.807, 2.05) is 42.5 Å². The molecule has 5 nitrogen and oxygen atoms in total. The highest BCUT2D eigenvalue weighted by Crippen LogP contribution is 2.36. The van der Waals surface area contributed by atoms with Gasteiger partial charge in [-0.15, -0.1) is 0 Å². The summed E-state index contributed by atoms with van der Waals surface area (Å²) >= 11 is 0. The molecule has 4 rings (SSSR count). The van der Waals surface area contributed by atoms with Crippen LogP contribution in [0.4, 0.5) is 0 Å². The molecule has 23 heavy (non-hydrogen) atoms. The number of aromatic nitrogens is 2. The number of hydrogen-bond acceptors (Lipinski definition) is 4. The molecule has 1 aromatic heterocycles. The van der Waals surface area contributed by atoms with Gasteiger partial charge in [0, 0.05) is 6.54 Å². The number of benzene rings is 2. The van der Waals surface area contributed by atoms with Crippen LogP contribution in [0.5, 0.6) is 11.5 Å². The van der Waals surface area contributed by atoms with E-state index >= 15 is 0 Å². The van der Waals surface area contributed by atoms with Crippen LogP contribution in [0, 0.1) is 0 Å². The second-order valence-electron chi connectivity index (χ2n) is 5.63. The number of para-hydroxylation sites is 2. The molecule has 1 N–H and O–H groups in total. The number of hydrogen-bond donors (Lipinski definition) is 1. The Kier molecular flexibility index (Phi) is 3.42. The Bertz CT molecular complexity index is 857. The third-order valence-electron chi connectivity index (χ3n) is 4.09. The fourth-order valence-corrected chi connectivity index (χ4v) is 2.99. The van der Waals surface area contributed by atoms with Gasteiger partial charge in [0.15, 0.2) is 11.5 Å². The van der Waals surface area contributed by atoms with Crippen molar-refractivity contribution in [3.8, 4) is 11.5 Å². The number of imidazole rings is 1. The topological polar surface area (TPSA) is 56.5 Å². The van der Waals surface area contributed by atoms with E-state index in [0.717, 1.165) is 29.6 Å². The van der Waals surface area contributed by atoms with Gasteiger partial charge in [-0.2, -0.15) is 0 Å². The monoisotopic (exact) mass is 310 g/mol. The summed E-state index contributed by atoms with van der Waals surface area (Å²) < 4.78 is 12.8. The van der Waals surface area contributed by atoms with Gasteiger partial charge in [0.2, 0.25) is 6.79 Å². The first-order valence-corrected chi connectivity index (χ1v) is 7.80. The van der Waals surface area contributed by atoms with Gasteiger partial charge in [-0.05, 0) is 36.2 Å². The molecule has 2 heterocycles. The van der Waals surface area contributed by atoms with Crippen molar-refractivity contribution in [2.24, 2.45) is 0 Å². The van der Waals surface area contributed by atoms with E-state index in [0.29, 0.717) is 17.3 Å². The predicted molar refractivity (Wildman–Crippen MR) is 86.7 cm³/mol. The molecule has 0 aliphatic carbocycles. The molecule has 1 aliphatic rings. The molecule has 3 aromatic rings. The fraction of sp³-hybridized carbons (Fsp3) is 0.278. The van der Waals surface area contributed by atoms with Crippen molar-refractivity contribution in [3.05, 3.63) is 53.9 Å². The molecule has 0 amide bonds. The zero-order chi connectivity index (χ0) is 15.8. The molecule has 0 spiro atoms. The van der Waals surface area contributed by atoms with Crippen LogP contribution in [0.2, 0.25) is 0 Å². The van der Waals surface area contributed by atoms with Crippen LogP contribution in [0.1, 0.15) is 30.8 Å². The minimum absolute atomic E-state index is 0.225. The van der Waals surface area contributed by atoms with Crippen LogP contribution in [-0.2, 0) is 6.54 Å². The lowest BCUT2D eigenvalue weighted by Crippen LogP contribution is -2.10. The van der Waals surface area contributed by atoms with Gasteiger partial charge in [0.25, 0.3) is 0 Å². The predicted octanol–water partition coefficient (Wildman–Crippen LogP) is 3.26. The summed E-state index contributed by atoms with van der Waals surface area (Å²) in [6, 6.07) is 13.5. The summed E-state index contributed by atoms with van der Waals surface area (Å²) in [7, 11) is 0. The summed E-state index contributed by atoms with van der Waals surface area (Å²) in [6.45, 7) is 3.16. The molecule has 0 saturated heterocycles. The van der Waals surface area contributed by atoms with Crippen molar-refractivity contribution in [2.45, 2.75) is 26.0 Å². The Morgan fingerprint density at radius 3 is 2.87 bits per heavy atom. The second-order valence-corrected chi connectivity index (χ2v) is 5.63. The van der Waals surface area contributed by atoms with E-state index < -0.39 is 6.10 Å². The molecule has 1 atom stereocenters. The van der Waals surface area contributed by atoms with Crippen LogP contribution in [0.15, 0.2) is 42.5 Å². The molecular weight excluding hydrogens is 292 g/mol. The highest BCUT2D eigenvalue weighted by atomic mass is 16.7. The number of aliphatic hydroxyl groups excluding tert-OH is 1. The average Bonchev–Trinajstić information content (AvgIpc) is 3.19. The van der Waals surface area contributed by atoms with Crippen molar-refractivity contribution >= 4 is 11.0 Å². The van der Waals surface area contributed by atoms with Crippen LogP contribution in [-0.4, -0.2) is 21.5 Å². The number of aryl methyl sites for hydroxylation is 1. The molecule has 5 heteroatoms. The normalized spacial score (nSPS) is 14.3. The third-order valence-corrected chi connectivity index (χ3v) is 4.09. The first-order valence-electron chi connectivity index (χ1n) is 7.80. The maximum Gasteiger partial charge on any atom is 0.231 e. The Morgan fingerprint density at radius 1 is 1.17 bits per heavy atom. The van der Waals surface area contributed by atoms with Crippen LogP contribution in [0.25, 0.3) is 11.0 Å². The van der Waals surface area contributed by atoms with E-state index in [1.54, 1.807) is 0 Å². The fourth-order valence-electron chi connectivity index (χ4n) is 2.99. The van der Waals surface area contributed by atoms with Crippen LogP contribution < -0.4 is 9.47 Å². The number of aliphatic hydroxyl groups is 1. The molecular formula is C18H18N2O3. The Hall–Kier alpha value is -2.53. The maximum atomic E-state index is 10.9. The smallest absolute Gasteiger partial charge is 0.231 e. The Balaban J connectivity index is 1.80. The summed E-state index contributed by atoms with van der Waals surface area (Å²) in [5, 5.41) is 10.9. The van der Waals surface area contributed by atoms with Crippen molar-refractivity contribution in [1.82, 2.24) is 9.55 Å². The van der Waals surface area contributed by atoms with E-state index in [9.17, 15) is 5.11 Å². The molecule has 0 bridgehead atoms. The quantitative estimate of drug-likeness (QED) is 0.803. The summed E-state index contributed by atoms with van der Waals surface area (Å²) in [6.07, 6.45) is 0.171. The van der Waals surface area contributed by atoms with Gasteiger partial charge in [0.1, 0.15) is 11.9 Å². The number of fused-ring (bicyclic) bond motifs is 2. The molecule has 0 saturated carbocycles. The standard InChI is InChI=1S/C18H18N2O3/c1-2-9-20-14-6-4-3-5-13(14)19-18(20)17(21)12-7-8-15-16(10-12)23-11-22-15/h3-8,10,17,21H,2,9,11H2,1H3/t17-/m0/s1. The largest absolute Gasteiger partial charge is 0.454 e. The van der Waals surface area contributed by atoms with Gasteiger partial charge >= 0.3 is 0 Å². The van der Waals surface area contributed by atoms with Crippen molar-refractivity contribution in [2.75, 3.05) is 6.79 Å². The number of rotatable bonds is 4. The molecule has 0 fully saturated rings. The maximum absolute atomic E-state index is 10.9. The first kappa shape index (κ1) is 14.1. The highest BCUT2D eigenvalue weighted by molar-refractivity contribution is 5.76. The van der Waals surface area contributed by atoms with Crippen molar-refractivity contribution in [1.29, 1.82) is 0 Å². The Morgan fingerprint density at radius 2 is 2.00 bits per heavy atom. The zero-order valence-electron chi connectivity index (χ0n) is 12.9. The molecule has 2 aromatic carbocycles. The number of ether oxygens (including phenoxy) is 2. The summed E-state index contributed by atoms with van der Waals surface area (Å²) in [5.41, 5.74) is 2.70. The van der Waals surface area contributed by atoms with Crippen LogP contribution >= 0.6 is 0 Å². The lowest BCUT2D eigenvalue weighted by Gasteiger charge is -2.14. The van der Waals surface area contributed by atoms with Gasteiger partial charge < -0.3 is 19.1 Å². The summed E-state index contributed by atoms with van der Waals surface area (Å²) in [4.78, 5) is 4.64. The SMILES string of the molecule is CCCn1c([C@@H](O)c2ccc3c(c2)OCO3)nc2ccccc21. The zero-order valence-corrected chi connectivity index (χ0v) is 12.9.